The Bertz CT molecular complexity index is 898. The Balaban J connectivity index is 1.95. The van der Waals surface area contributed by atoms with E-state index in [1.54, 1.807) is 18.0 Å². The molecule has 0 N–H and O–H groups in total. The largest absolute Gasteiger partial charge is 0.490 e. The van der Waals surface area contributed by atoms with Crippen molar-refractivity contribution in [1.82, 2.24) is 4.90 Å². The van der Waals surface area contributed by atoms with E-state index in [2.05, 4.69) is 4.99 Å². The predicted molar refractivity (Wildman–Crippen MR) is 107 cm³/mol. The number of aliphatic imine (C=N–C) groups is 1. The highest BCUT2D eigenvalue weighted by Gasteiger charge is 2.27. The van der Waals surface area contributed by atoms with Gasteiger partial charge in [-0.3, -0.25) is 9.69 Å². The Labute approximate surface area is 159 Å². The normalized spacial score (nSPS) is 15.3. The number of carbonyl (C=O) groups excluding carboxylic acids is 1. The molecule has 0 unspecified atom stereocenters. The predicted octanol–water partition coefficient (Wildman–Crippen LogP) is 4.05. The van der Waals surface area contributed by atoms with Gasteiger partial charge in [-0.05, 0) is 44.5 Å². The van der Waals surface area contributed by atoms with Crippen LogP contribution in [0.1, 0.15) is 30.5 Å². The Morgan fingerprint density at radius 3 is 2.33 bits per heavy atom. The van der Waals surface area contributed by atoms with Crippen molar-refractivity contribution in [3.05, 3.63) is 64.9 Å². The molecule has 0 radical (unpaired) electrons. The molecule has 27 heavy (non-hydrogen) atoms. The van der Waals surface area contributed by atoms with E-state index in [9.17, 15) is 4.79 Å². The summed E-state index contributed by atoms with van der Waals surface area (Å²) in [7, 11) is 1.74. The van der Waals surface area contributed by atoms with Crippen LogP contribution in [0.2, 0.25) is 0 Å². The number of rotatable bonds is 6. The minimum atomic E-state index is -0.127. The molecule has 140 valence electrons. The molecule has 1 aliphatic heterocycles. The summed E-state index contributed by atoms with van der Waals surface area (Å²) in [4.78, 5) is 18.8. The van der Waals surface area contributed by atoms with E-state index in [0.29, 0.717) is 36.2 Å². The van der Waals surface area contributed by atoms with Crippen molar-refractivity contribution in [1.29, 1.82) is 0 Å². The van der Waals surface area contributed by atoms with Crippen molar-refractivity contribution in [2.24, 2.45) is 4.99 Å². The van der Waals surface area contributed by atoms with Crippen LogP contribution in [-0.4, -0.2) is 36.9 Å². The number of hydrogen-bond acceptors (Lipinski definition) is 4. The number of amides is 1. The van der Waals surface area contributed by atoms with Gasteiger partial charge in [0, 0.05) is 12.6 Å². The van der Waals surface area contributed by atoms with Crippen molar-refractivity contribution in [3.8, 4) is 11.5 Å². The number of aryl methyl sites for hydroxylation is 1. The molecule has 0 bridgehead atoms. The summed E-state index contributed by atoms with van der Waals surface area (Å²) in [6.07, 6.45) is 1.78. The Morgan fingerprint density at radius 2 is 1.67 bits per heavy atom. The second kappa shape index (κ2) is 8.08. The maximum Gasteiger partial charge on any atom is 0.277 e. The molecule has 0 fully saturated rings. The van der Waals surface area contributed by atoms with Crippen LogP contribution < -0.4 is 9.47 Å². The standard InChI is InChI=1S/C22H24N2O3/c1-5-26-19-12-9-16(14-20(19)27-6-2)13-18-22(25)24(4)21(23-18)17-10-7-15(3)8-11-17/h7-14H,5-6H2,1-4H3. The van der Waals surface area contributed by atoms with Crippen LogP contribution in [0.5, 0.6) is 11.5 Å². The van der Waals surface area contributed by atoms with Crippen molar-refractivity contribution >= 4 is 17.8 Å². The van der Waals surface area contributed by atoms with Gasteiger partial charge in [-0.15, -0.1) is 0 Å². The lowest BCUT2D eigenvalue weighted by molar-refractivity contribution is -0.121. The summed E-state index contributed by atoms with van der Waals surface area (Å²) in [6, 6.07) is 13.6. The molecule has 5 heteroatoms. The fourth-order valence-corrected chi connectivity index (χ4v) is 2.88. The molecule has 5 nitrogen and oxygen atoms in total. The first kappa shape index (κ1) is 18.7. The molecule has 0 saturated heterocycles. The molecule has 0 spiro atoms. The average molecular weight is 364 g/mol. The fourth-order valence-electron chi connectivity index (χ4n) is 2.88. The van der Waals surface area contributed by atoms with E-state index < -0.39 is 0 Å². The first-order valence-corrected chi connectivity index (χ1v) is 9.08. The van der Waals surface area contributed by atoms with Gasteiger partial charge < -0.3 is 9.47 Å². The third-order valence-corrected chi connectivity index (χ3v) is 4.25. The van der Waals surface area contributed by atoms with Crippen LogP contribution >= 0.6 is 0 Å². The molecule has 2 aromatic rings. The van der Waals surface area contributed by atoms with E-state index >= 15 is 0 Å². The molecule has 2 aromatic carbocycles. The van der Waals surface area contributed by atoms with Gasteiger partial charge in [0.15, 0.2) is 11.5 Å². The van der Waals surface area contributed by atoms with Gasteiger partial charge in [0.25, 0.3) is 5.91 Å². The lowest BCUT2D eigenvalue weighted by atomic mass is 10.1. The number of nitrogens with zero attached hydrogens (tertiary/aromatic N) is 2. The minimum absolute atomic E-state index is 0.127. The average Bonchev–Trinajstić information content (AvgIpc) is 2.93. The van der Waals surface area contributed by atoms with E-state index in [-0.39, 0.29) is 5.91 Å². The quantitative estimate of drug-likeness (QED) is 0.727. The zero-order valence-corrected chi connectivity index (χ0v) is 16.2. The van der Waals surface area contributed by atoms with Crippen LogP contribution in [0.25, 0.3) is 6.08 Å². The molecule has 0 atom stereocenters. The lowest BCUT2D eigenvalue weighted by Crippen LogP contribution is -2.28. The number of amidine groups is 1. The number of carbonyl (C=O) groups is 1. The van der Waals surface area contributed by atoms with Crippen LogP contribution in [0, 0.1) is 6.92 Å². The topological polar surface area (TPSA) is 51.1 Å². The summed E-state index contributed by atoms with van der Waals surface area (Å²) < 4.78 is 11.2. The van der Waals surface area contributed by atoms with E-state index in [1.807, 2.05) is 63.2 Å². The molecular formula is C22H24N2O3. The molecule has 1 aliphatic rings. The zero-order chi connectivity index (χ0) is 19.4. The maximum absolute atomic E-state index is 12.6. The molecular weight excluding hydrogens is 340 g/mol. The minimum Gasteiger partial charge on any atom is -0.490 e. The number of benzene rings is 2. The summed E-state index contributed by atoms with van der Waals surface area (Å²) in [5, 5.41) is 0. The Hall–Kier alpha value is -3.08. The third-order valence-electron chi connectivity index (χ3n) is 4.25. The highest BCUT2D eigenvalue weighted by Crippen LogP contribution is 2.30. The third kappa shape index (κ3) is 4.03. The smallest absolute Gasteiger partial charge is 0.277 e. The molecule has 0 saturated carbocycles. The first-order chi connectivity index (χ1) is 13.0. The van der Waals surface area contributed by atoms with Crippen LogP contribution in [0.15, 0.2) is 53.2 Å². The molecule has 3 rings (SSSR count). The van der Waals surface area contributed by atoms with Crippen LogP contribution in [0.4, 0.5) is 0 Å². The van der Waals surface area contributed by atoms with Crippen LogP contribution in [0.3, 0.4) is 0 Å². The van der Waals surface area contributed by atoms with E-state index in [4.69, 9.17) is 9.47 Å². The van der Waals surface area contributed by atoms with E-state index in [0.717, 1.165) is 11.1 Å². The van der Waals surface area contributed by atoms with Gasteiger partial charge in [-0.25, -0.2) is 4.99 Å². The lowest BCUT2D eigenvalue weighted by Gasteiger charge is -2.12. The summed E-state index contributed by atoms with van der Waals surface area (Å²) in [6.45, 7) is 6.99. The van der Waals surface area contributed by atoms with Crippen molar-refractivity contribution in [3.63, 3.8) is 0 Å². The second-order valence-corrected chi connectivity index (χ2v) is 6.27. The Morgan fingerprint density at radius 1 is 1.00 bits per heavy atom. The highest BCUT2D eigenvalue weighted by atomic mass is 16.5. The van der Waals surface area contributed by atoms with Crippen molar-refractivity contribution < 1.29 is 14.3 Å². The molecule has 1 amide bonds. The van der Waals surface area contributed by atoms with Crippen molar-refractivity contribution in [2.75, 3.05) is 20.3 Å². The molecule has 0 aromatic heterocycles. The van der Waals surface area contributed by atoms with Gasteiger partial charge >= 0.3 is 0 Å². The number of ether oxygens (including phenoxy) is 2. The van der Waals surface area contributed by atoms with Gasteiger partial charge in [-0.1, -0.05) is 35.9 Å². The molecule has 0 aliphatic carbocycles. The van der Waals surface area contributed by atoms with Gasteiger partial charge in [0.2, 0.25) is 0 Å². The SMILES string of the molecule is CCOc1ccc(C=C2N=C(c3ccc(C)cc3)N(C)C2=O)cc1OCC. The van der Waals surface area contributed by atoms with E-state index in [1.165, 1.54) is 5.56 Å². The number of hydrogen-bond donors (Lipinski definition) is 0. The van der Waals surface area contributed by atoms with Crippen molar-refractivity contribution in [2.45, 2.75) is 20.8 Å². The zero-order valence-electron chi connectivity index (χ0n) is 16.2. The van der Waals surface area contributed by atoms with Gasteiger partial charge in [-0.2, -0.15) is 0 Å². The summed E-state index contributed by atoms with van der Waals surface area (Å²) >= 11 is 0. The van der Waals surface area contributed by atoms with Gasteiger partial charge in [0.05, 0.1) is 13.2 Å². The first-order valence-electron chi connectivity index (χ1n) is 9.08. The monoisotopic (exact) mass is 364 g/mol. The molecule has 1 heterocycles. The summed E-state index contributed by atoms with van der Waals surface area (Å²) in [5.74, 6) is 1.88. The fraction of sp³-hybridized carbons (Fsp3) is 0.273. The highest BCUT2D eigenvalue weighted by molar-refractivity contribution is 6.19. The Kier molecular flexibility index (Phi) is 5.60. The second-order valence-electron chi connectivity index (χ2n) is 6.27. The number of likely N-dealkylation sites (N-methyl/N-ethyl adjacent to an activating group) is 1. The van der Waals surface area contributed by atoms with Gasteiger partial charge in [0.1, 0.15) is 11.5 Å². The summed E-state index contributed by atoms with van der Waals surface area (Å²) in [5.41, 5.74) is 3.33. The maximum atomic E-state index is 12.6. The van der Waals surface area contributed by atoms with Crippen LogP contribution in [-0.2, 0) is 4.79 Å².